The predicted octanol–water partition coefficient (Wildman–Crippen LogP) is 3.70. The van der Waals surface area contributed by atoms with Crippen molar-refractivity contribution in [2.75, 3.05) is 5.32 Å². The third-order valence-corrected chi connectivity index (χ3v) is 5.54. The maximum atomic E-state index is 12.7. The number of aryl methyl sites for hydroxylation is 3. The van der Waals surface area contributed by atoms with Gasteiger partial charge >= 0.3 is 0 Å². The van der Waals surface area contributed by atoms with Crippen molar-refractivity contribution < 1.29 is 18.7 Å². The van der Waals surface area contributed by atoms with Gasteiger partial charge in [-0.25, -0.2) is 4.68 Å². The number of nitrogens with zero attached hydrogens (tertiary/aromatic N) is 4. The average molecular weight is 483 g/mol. The Morgan fingerprint density at radius 3 is 2.62 bits per heavy atom. The number of hydrogen-bond acceptors (Lipinski definition) is 6. The van der Waals surface area contributed by atoms with Crippen molar-refractivity contribution in [2.24, 2.45) is 7.05 Å². The highest BCUT2D eigenvalue weighted by molar-refractivity contribution is 6.32. The highest BCUT2D eigenvalue weighted by Gasteiger charge is 2.20. The van der Waals surface area contributed by atoms with Crippen LogP contribution in [0.2, 0.25) is 5.02 Å². The summed E-state index contributed by atoms with van der Waals surface area (Å²) in [5.74, 6) is 0.331. The maximum Gasteiger partial charge on any atom is 0.276 e. The van der Waals surface area contributed by atoms with E-state index in [4.69, 9.17) is 20.8 Å². The molecule has 10 nitrogen and oxygen atoms in total. The molecule has 176 valence electrons. The Labute approximate surface area is 200 Å². The van der Waals surface area contributed by atoms with Crippen molar-refractivity contribution >= 4 is 29.1 Å². The number of carbonyl (C=O) groups is 2. The van der Waals surface area contributed by atoms with E-state index in [1.807, 2.05) is 26.0 Å². The van der Waals surface area contributed by atoms with Crippen molar-refractivity contribution in [1.82, 2.24) is 24.9 Å². The Balaban J connectivity index is 1.38. The summed E-state index contributed by atoms with van der Waals surface area (Å²) in [6.45, 7) is 4.12. The molecule has 4 rings (SSSR count). The van der Waals surface area contributed by atoms with Gasteiger partial charge in [-0.15, -0.1) is 0 Å². The lowest BCUT2D eigenvalue weighted by Gasteiger charge is -2.10. The number of halogens is 1. The molecule has 0 aliphatic carbocycles. The van der Waals surface area contributed by atoms with E-state index in [9.17, 15) is 9.59 Å². The van der Waals surface area contributed by atoms with Gasteiger partial charge in [-0.05, 0) is 55.3 Å². The number of rotatable bonds is 8. The first-order valence-corrected chi connectivity index (χ1v) is 10.8. The van der Waals surface area contributed by atoms with Crippen LogP contribution >= 0.6 is 11.6 Å². The molecular weight excluding hydrogens is 460 g/mol. The number of benzene rings is 1. The minimum absolute atomic E-state index is 0.0821. The van der Waals surface area contributed by atoms with Crippen molar-refractivity contribution in [3.8, 4) is 5.75 Å². The van der Waals surface area contributed by atoms with Crippen LogP contribution in [0.1, 0.15) is 37.9 Å². The molecule has 1 aromatic carbocycles. The van der Waals surface area contributed by atoms with Crippen LogP contribution in [0.3, 0.4) is 0 Å². The van der Waals surface area contributed by atoms with Gasteiger partial charge in [-0.3, -0.25) is 14.3 Å². The molecule has 2 N–H and O–H groups in total. The topological polar surface area (TPSA) is 116 Å². The number of anilines is 1. The quantitative estimate of drug-likeness (QED) is 0.395. The molecule has 3 aromatic heterocycles. The fourth-order valence-electron chi connectivity index (χ4n) is 3.28. The molecule has 0 unspecified atom stereocenters. The summed E-state index contributed by atoms with van der Waals surface area (Å²) < 4.78 is 13.9. The van der Waals surface area contributed by atoms with Crippen molar-refractivity contribution in [3.05, 3.63) is 82.3 Å². The number of nitrogens with one attached hydrogen (secondary N) is 2. The first-order chi connectivity index (χ1) is 16.3. The van der Waals surface area contributed by atoms with E-state index in [1.165, 1.54) is 15.6 Å². The van der Waals surface area contributed by atoms with Crippen molar-refractivity contribution in [1.29, 1.82) is 0 Å². The summed E-state index contributed by atoms with van der Waals surface area (Å²) in [5.41, 5.74) is 2.34. The number of aromatic nitrogens is 4. The molecule has 0 radical (unpaired) electrons. The number of hydrogen-bond donors (Lipinski definition) is 2. The SMILES string of the molecule is Cc1cc(OCn2ccc(C(=O)Nc3cn(C)nc3C(=O)NCc3ccco3)n2)cc(C)c1Cl. The molecule has 0 bridgehead atoms. The zero-order valence-electron chi connectivity index (χ0n) is 18.8. The second kappa shape index (κ2) is 9.84. The summed E-state index contributed by atoms with van der Waals surface area (Å²) in [6.07, 6.45) is 4.70. The molecule has 0 aliphatic heterocycles. The molecule has 0 saturated heterocycles. The summed E-state index contributed by atoms with van der Waals surface area (Å²) in [7, 11) is 1.66. The largest absolute Gasteiger partial charge is 0.471 e. The van der Waals surface area contributed by atoms with Gasteiger partial charge in [0.1, 0.15) is 11.5 Å². The van der Waals surface area contributed by atoms with E-state index >= 15 is 0 Å². The first kappa shape index (κ1) is 23.1. The smallest absolute Gasteiger partial charge is 0.276 e. The van der Waals surface area contributed by atoms with Gasteiger partial charge in [0.15, 0.2) is 18.1 Å². The summed E-state index contributed by atoms with van der Waals surface area (Å²) in [6, 6.07) is 8.72. The van der Waals surface area contributed by atoms with Crippen LogP contribution < -0.4 is 15.4 Å². The molecule has 0 atom stereocenters. The second-order valence-electron chi connectivity index (χ2n) is 7.67. The lowest BCUT2D eigenvalue weighted by Crippen LogP contribution is -2.25. The molecule has 0 fully saturated rings. The number of ether oxygens (including phenoxy) is 1. The summed E-state index contributed by atoms with van der Waals surface area (Å²) in [5, 5.41) is 14.5. The minimum Gasteiger partial charge on any atom is -0.471 e. The lowest BCUT2D eigenvalue weighted by atomic mass is 10.1. The minimum atomic E-state index is -0.481. The molecule has 4 aromatic rings. The molecule has 11 heteroatoms. The normalized spacial score (nSPS) is 10.8. The Kier molecular flexibility index (Phi) is 6.69. The van der Waals surface area contributed by atoms with E-state index in [0.29, 0.717) is 16.5 Å². The van der Waals surface area contributed by atoms with E-state index in [1.54, 1.807) is 37.6 Å². The van der Waals surface area contributed by atoms with E-state index in [2.05, 4.69) is 20.8 Å². The van der Waals surface area contributed by atoms with Crippen LogP contribution in [-0.2, 0) is 20.3 Å². The number of carbonyl (C=O) groups excluding carboxylic acids is 2. The lowest BCUT2D eigenvalue weighted by molar-refractivity contribution is 0.0943. The third kappa shape index (κ3) is 5.29. The fraction of sp³-hybridized carbons (Fsp3) is 0.217. The van der Waals surface area contributed by atoms with Gasteiger partial charge in [-0.1, -0.05) is 11.6 Å². The molecule has 0 aliphatic rings. The second-order valence-corrected chi connectivity index (χ2v) is 8.04. The van der Waals surface area contributed by atoms with Gasteiger partial charge in [0, 0.05) is 24.5 Å². The zero-order valence-corrected chi connectivity index (χ0v) is 19.6. The van der Waals surface area contributed by atoms with Crippen LogP contribution in [0.4, 0.5) is 5.69 Å². The highest BCUT2D eigenvalue weighted by Crippen LogP contribution is 2.26. The maximum absolute atomic E-state index is 12.7. The molecule has 2 amide bonds. The Morgan fingerprint density at radius 2 is 1.91 bits per heavy atom. The standard InChI is InChI=1S/C23H23ClN6O4/c1-14-9-17(10-15(2)20(14)24)34-13-30-7-6-18(27-30)22(31)26-19-12-29(3)28-21(19)23(32)25-11-16-5-4-8-33-16/h4-10,12H,11,13H2,1-3H3,(H,25,32)(H,26,31). The van der Waals surface area contributed by atoms with Crippen LogP contribution in [0.5, 0.6) is 5.75 Å². The van der Waals surface area contributed by atoms with E-state index < -0.39 is 11.8 Å². The zero-order chi connectivity index (χ0) is 24.2. The van der Waals surface area contributed by atoms with Gasteiger partial charge < -0.3 is 19.8 Å². The van der Waals surface area contributed by atoms with Crippen LogP contribution in [-0.4, -0.2) is 31.4 Å². The average Bonchev–Trinajstić information content (AvgIpc) is 3.55. The first-order valence-electron chi connectivity index (χ1n) is 10.4. The molecule has 0 spiro atoms. The van der Waals surface area contributed by atoms with Crippen molar-refractivity contribution in [3.63, 3.8) is 0 Å². The van der Waals surface area contributed by atoms with Gasteiger partial charge in [0.25, 0.3) is 11.8 Å². The van der Waals surface area contributed by atoms with E-state index in [-0.39, 0.29) is 30.4 Å². The van der Waals surface area contributed by atoms with Gasteiger partial charge in [0.05, 0.1) is 18.5 Å². The molecule has 34 heavy (non-hydrogen) atoms. The van der Waals surface area contributed by atoms with Crippen LogP contribution in [0.25, 0.3) is 0 Å². The number of amides is 2. The van der Waals surface area contributed by atoms with Gasteiger partial charge in [-0.2, -0.15) is 10.2 Å². The monoisotopic (exact) mass is 482 g/mol. The van der Waals surface area contributed by atoms with Crippen LogP contribution in [0.15, 0.2) is 53.4 Å². The Hall–Kier alpha value is -4.05. The fourth-order valence-corrected chi connectivity index (χ4v) is 3.39. The highest BCUT2D eigenvalue weighted by atomic mass is 35.5. The third-order valence-electron chi connectivity index (χ3n) is 4.94. The van der Waals surface area contributed by atoms with E-state index in [0.717, 1.165) is 11.1 Å². The summed E-state index contributed by atoms with van der Waals surface area (Å²) in [4.78, 5) is 25.3. The molecule has 3 heterocycles. The molecule has 0 saturated carbocycles. The summed E-state index contributed by atoms with van der Waals surface area (Å²) >= 11 is 6.19. The predicted molar refractivity (Wildman–Crippen MR) is 125 cm³/mol. The van der Waals surface area contributed by atoms with Gasteiger partial charge in [0.2, 0.25) is 0 Å². The Morgan fingerprint density at radius 1 is 1.15 bits per heavy atom. The van der Waals surface area contributed by atoms with Crippen molar-refractivity contribution in [2.45, 2.75) is 27.1 Å². The van der Waals surface area contributed by atoms with Crippen LogP contribution in [0, 0.1) is 13.8 Å². The number of furan rings is 1. The molecular formula is C23H23ClN6O4. The Bertz CT molecular complexity index is 1300.